The average molecular weight is 599 g/mol. The number of halogens is 2. The van der Waals surface area contributed by atoms with E-state index in [4.69, 9.17) is 14.2 Å². The van der Waals surface area contributed by atoms with E-state index in [9.17, 15) is 14.4 Å². The fraction of sp³-hybridized carbons (Fsp3) is 0.304. The SMILES string of the molecule is CCOC(=O)COc1c(Br)cc(C=NNC(=O)C(C)C(=O)Nc2ccccc2Br)cc1OCC. The zero-order chi connectivity index (χ0) is 25.1. The van der Waals surface area contributed by atoms with Crippen molar-refractivity contribution in [2.75, 3.05) is 25.1 Å². The molecule has 2 aromatic rings. The fourth-order valence-corrected chi connectivity index (χ4v) is 3.55. The number of nitrogens with zero attached hydrogens (tertiary/aromatic N) is 1. The first-order valence-electron chi connectivity index (χ1n) is 10.4. The highest BCUT2D eigenvalue weighted by Crippen LogP contribution is 2.36. The predicted molar refractivity (Wildman–Crippen MR) is 135 cm³/mol. The lowest BCUT2D eigenvalue weighted by atomic mass is 10.1. The highest BCUT2D eigenvalue weighted by molar-refractivity contribution is 9.11. The number of hydrogen-bond donors (Lipinski definition) is 2. The average Bonchev–Trinajstić information content (AvgIpc) is 2.79. The summed E-state index contributed by atoms with van der Waals surface area (Å²) in [6.45, 7) is 5.36. The number of carbonyl (C=O) groups is 3. The number of para-hydroxylation sites is 1. The number of hydrogen-bond acceptors (Lipinski definition) is 7. The second-order valence-corrected chi connectivity index (χ2v) is 8.49. The minimum absolute atomic E-state index is 0.257. The Hall–Kier alpha value is -2.92. The van der Waals surface area contributed by atoms with E-state index in [2.05, 4.69) is 47.7 Å². The van der Waals surface area contributed by atoms with E-state index in [0.717, 1.165) is 0 Å². The van der Waals surface area contributed by atoms with Crippen molar-refractivity contribution in [2.24, 2.45) is 11.0 Å². The standard InChI is InChI=1S/C23H25Br2N3O6/c1-4-32-19-11-15(10-17(25)21(19)34-13-20(29)33-5-2)12-26-28-23(31)14(3)22(30)27-18-9-7-6-8-16(18)24/h6-12,14H,4-5,13H2,1-3H3,(H,27,30)(H,28,31). The summed E-state index contributed by atoms with van der Waals surface area (Å²) < 4.78 is 17.2. The molecule has 1 unspecified atom stereocenters. The van der Waals surface area contributed by atoms with Crippen LogP contribution < -0.4 is 20.2 Å². The minimum atomic E-state index is -0.978. The first kappa shape index (κ1) is 27.3. The summed E-state index contributed by atoms with van der Waals surface area (Å²) in [5.41, 5.74) is 3.51. The van der Waals surface area contributed by atoms with Crippen LogP contribution in [0.1, 0.15) is 26.3 Å². The van der Waals surface area contributed by atoms with Crippen LogP contribution in [0.5, 0.6) is 11.5 Å². The summed E-state index contributed by atoms with van der Waals surface area (Å²) in [6.07, 6.45) is 1.40. The number of nitrogens with one attached hydrogen (secondary N) is 2. The summed E-state index contributed by atoms with van der Waals surface area (Å²) in [5.74, 6) is -1.79. The zero-order valence-electron chi connectivity index (χ0n) is 18.9. The molecule has 9 nitrogen and oxygen atoms in total. The van der Waals surface area contributed by atoms with Gasteiger partial charge >= 0.3 is 5.97 Å². The summed E-state index contributed by atoms with van der Waals surface area (Å²) in [4.78, 5) is 36.3. The van der Waals surface area contributed by atoms with E-state index in [-0.39, 0.29) is 13.2 Å². The van der Waals surface area contributed by atoms with Gasteiger partial charge in [0.1, 0.15) is 5.92 Å². The lowest BCUT2D eigenvalue weighted by molar-refractivity contribution is -0.145. The van der Waals surface area contributed by atoms with Crippen molar-refractivity contribution in [3.63, 3.8) is 0 Å². The lowest BCUT2D eigenvalue weighted by Crippen LogP contribution is -2.34. The number of ether oxygens (including phenoxy) is 3. The number of rotatable bonds is 11. The van der Waals surface area contributed by atoms with Crippen molar-refractivity contribution in [3.8, 4) is 11.5 Å². The molecule has 2 amide bonds. The van der Waals surface area contributed by atoms with Crippen LogP contribution in [0.25, 0.3) is 0 Å². The summed E-state index contributed by atoms with van der Waals surface area (Å²) in [7, 11) is 0. The van der Waals surface area contributed by atoms with Crippen LogP contribution in [0.4, 0.5) is 5.69 Å². The maximum absolute atomic E-state index is 12.4. The number of amides is 2. The number of anilines is 1. The molecular weight excluding hydrogens is 574 g/mol. The molecule has 0 saturated heterocycles. The van der Waals surface area contributed by atoms with Gasteiger partial charge in [-0.25, -0.2) is 10.2 Å². The molecule has 0 heterocycles. The third kappa shape index (κ3) is 8.14. The molecule has 2 aromatic carbocycles. The molecule has 0 saturated carbocycles. The van der Waals surface area contributed by atoms with E-state index in [0.29, 0.717) is 38.3 Å². The Morgan fingerprint density at radius 1 is 1.03 bits per heavy atom. The zero-order valence-corrected chi connectivity index (χ0v) is 22.1. The molecule has 34 heavy (non-hydrogen) atoms. The fourth-order valence-electron chi connectivity index (χ4n) is 2.59. The van der Waals surface area contributed by atoms with E-state index in [1.165, 1.54) is 13.1 Å². The van der Waals surface area contributed by atoms with Crippen LogP contribution in [0.2, 0.25) is 0 Å². The first-order valence-corrected chi connectivity index (χ1v) is 12.0. The maximum atomic E-state index is 12.4. The molecule has 0 aliphatic heterocycles. The van der Waals surface area contributed by atoms with E-state index in [1.807, 2.05) is 13.0 Å². The Bertz CT molecular complexity index is 1060. The quantitative estimate of drug-likeness (QED) is 0.173. The molecule has 0 bridgehead atoms. The predicted octanol–water partition coefficient (Wildman–Crippen LogP) is 4.28. The van der Waals surface area contributed by atoms with Crippen molar-refractivity contribution in [3.05, 3.63) is 50.9 Å². The molecule has 0 fully saturated rings. The molecular formula is C23H25Br2N3O6. The highest BCUT2D eigenvalue weighted by atomic mass is 79.9. The third-order valence-electron chi connectivity index (χ3n) is 4.28. The topological polar surface area (TPSA) is 115 Å². The largest absolute Gasteiger partial charge is 0.490 e. The van der Waals surface area contributed by atoms with Crippen molar-refractivity contribution < 1.29 is 28.6 Å². The second kappa shape index (κ2) is 13.7. The van der Waals surface area contributed by atoms with E-state index in [1.54, 1.807) is 37.3 Å². The molecule has 0 aliphatic rings. The summed E-state index contributed by atoms with van der Waals surface area (Å²) in [6, 6.07) is 10.4. The van der Waals surface area contributed by atoms with Gasteiger partial charge in [-0.15, -0.1) is 0 Å². The number of benzene rings is 2. The Morgan fingerprint density at radius 2 is 1.76 bits per heavy atom. The molecule has 2 rings (SSSR count). The molecule has 0 aromatic heterocycles. The Labute approximate surface area is 214 Å². The maximum Gasteiger partial charge on any atom is 0.344 e. The van der Waals surface area contributed by atoms with Gasteiger partial charge in [-0.1, -0.05) is 12.1 Å². The van der Waals surface area contributed by atoms with Gasteiger partial charge in [0.15, 0.2) is 18.1 Å². The van der Waals surface area contributed by atoms with Crippen LogP contribution in [-0.2, 0) is 19.1 Å². The van der Waals surface area contributed by atoms with E-state index >= 15 is 0 Å². The van der Waals surface area contributed by atoms with Gasteiger partial charge < -0.3 is 19.5 Å². The number of esters is 1. The molecule has 1 atom stereocenters. The molecule has 2 N–H and O–H groups in total. The first-order chi connectivity index (χ1) is 16.3. The third-order valence-corrected chi connectivity index (χ3v) is 5.56. The van der Waals surface area contributed by atoms with Crippen LogP contribution in [-0.4, -0.2) is 43.8 Å². The summed E-state index contributed by atoms with van der Waals surface area (Å²) >= 11 is 6.74. The minimum Gasteiger partial charge on any atom is -0.490 e. The second-order valence-electron chi connectivity index (χ2n) is 6.78. The van der Waals surface area contributed by atoms with Gasteiger partial charge in [-0.2, -0.15) is 5.10 Å². The highest BCUT2D eigenvalue weighted by Gasteiger charge is 2.22. The number of carbonyl (C=O) groups excluding carboxylic acids is 3. The molecule has 0 spiro atoms. The van der Waals surface area contributed by atoms with Gasteiger partial charge in [0.2, 0.25) is 5.91 Å². The Balaban J connectivity index is 2.03. The molecule has 182 valence electrons. The Morgan fingerprint density at radius 3 is 2.44 bits per heavy atom. The van der Waals surface area contributed by atoms with Crippen LogP contribution in [0.15, 0.2) is 50.4 Å². The van der Waals surface area contributed by atoms with Crippen molar-refractivity contribution in [1.82, 2.24) is 5.43 Å². The molecule has 0 radical (unpaired) electrons. The molecule has 11 heteroatoms. The van der Waals surface area contributed by atoms with Crippen LogP contribution >= 0.6 is 31.9 Å². The van der Waals surface area contributed by atoms with Gasteiger partial charge in [-0.05, 0) is 82.5 Å². The smallest absolute Gasteiger partial charge is 0.344 e. The lowest BCUT2D eigenvalue weighted by Gasteiger charge is -2.14. The van der Waals surface area contributed by atoms with Crippen molar-refractivity contribution in [2.45, 2.75) is 20.8 Å². The van der Waals surface area contributed by atoms with Crippen molar-refractivity contribution >= 4 is 61.5 Å². The van der Waals surface area contributed by atoms with Crippen LogP contribution in [0.3, 0.4) is 0 Å². The Kier molecular flexibility index (Phi) is 11.0. The van der Waals surface area contributed by atoms with Crippen molar-refractivity contribution in [1.29, 1.82) is 0 Å². The van der Waals surface area contributed by atoms with E-state index < -0.39 is 23.7 Å². The molecule has 0 aliphatic carbocycles. The van der Waals surface area contributed by atoms with Crippen LogP contribution in [0, 0.1) is 5.92 Å². The monoisotopic (exact) mass is 597 g/mol. The van der Waals surface area contributed by atoms with Gasteiger partial charge in [0.05, 0.1) is 29.6 Å². The summed E-state index contributed by atoms with van der Waals surface area (Å²) in [5, 5.41) is 6.63. The normalized spacial score (nSPS) is 11.6. The van der Waals surface area contributed by atoms with Gasteiger partial charge in [-0.3, -0.25) is 9.59 Å². The van der Waals surface area contributed by atoms with Gasteiger partial charge in [0, 0.05) is 4.47 Å². The number of hydrazone groups is 1. The van der Waals surface area contributed by atoms with Gasteiger partial charge in [0.25, 0.3) is 5.91 Å².